The summed E-state index contributed by atoms with van der Waals surface area (Å²) in [5.41, 5.74) is 5.60. The van der Waals surface area contributed by atoms with Crippen LogP contribution in [-0.4, -0.2) is 6.04 Å². The Bertz CT molecular complexity index is 46.1. The van der Waals surface area contributed by atoms with E-state index in [1.165, 1.54) is 19.3 Å². The van der Waals surface area contributed by atoms with E-state index >= 15 is 0 Å². The van der Waals surface area contributed by atoms with Crippen LogP contribution in [0, 0.1) is 6.42 Å². The van der Waals surface area contributed by atoms with E-state index in [1.807, 2.05) is 0 Å². The van der Waals surface area contributed by atoms with Gasteiger partial charge in [0.1, 0.15) is 0 Å². The van der Waals surface area contributed by atoms with Crippen LogP contribution in [0.2, 0.25) is 0 Å². The first-order valence-electron chi connectivity index (χ1n) is 2.97. The van der Waals surface area contributed by atoms with Gasteiger partial charge in [0.05, 0.1) is 0 Å². The minimum atomic E-state index is 0.480. The zero-order chi connectivity index (χ0) is 5.11. The molecular weight excluding hydrogens is 86.1 g/mol. The van der Waals surface area contributed by atoms with Crippen LogP contribution < -0.4 is 5.73 Å². The van der Waals surface area contributed by atoms with Gasteiger partial charge in [-0.25, -0.2) is 0 Å². The highest BCUT2D eigenvalue weighted by Gasteiger charge is 2.06. The Kier molecular flexibility index (Phi) is 1.69. The predicted molar refractivity (Wildman–Crippen MR) is 30.7 cm³/mol. The lowest BCUT2D eigenvalue weighted by Gasteiger charge is -2.15. The summed E-state index contributed by atoms with van der Waals surface area (Å²) in [7, 11) is 0. The van der Waals surface area contributed by atoms with E-state index in [0.29, 0.717) is 6.04 Å². The van der Waals surface area contributed by atoms with Crippen molar-refractivity contribution in [3.8, 4) is 0 Å². The lowest BCUT2D eigenvalue weighted by Crippen LogP contribution is -2.22. The average molecular weight is 98.2 g/mol. The maximum absolute atomic E-state index is 5.60. The summed E-state index contributed by atoms with van der Waals surface area (Å²) >= 11 is 0. The van der Waals surface area contributed by atoms with Crippen LogP contribution in [0.1, 0.15) is 25.7 Å². The summed E-state index contributed by atoms with van der Waals surface area (Å²) in [6.07, 6.45) is 7.25. The van der Waals surface area contributed by atoms with Crippen LogP contribution in [0.4, 0.5) is 0 Å². The lowest BCUT2D eigenvalue weighted by atomic mass is 9.97. The van der Waals surface area contributed by atoms with Crippen LogP contribution in [0.15, 0.2) is 0 Å². The number of hydrogen-bond acceptors (Lipinski definition) is 1. The van der Waals surface area contributed by atoms with Crippen molar-refractivity contribution in [3.63, 3.8) is 0 Å². The molecule has 7 heavy (non-hydrogen) atoms. The van der Waals surface area contributed by atoms with Gasteiger partial charge in [0.15, 0.2) is 0 Å². The number of rotatable bonds is 0. The molecule has 0 heterocycles. The van der Waals surface area contributed by atoms with Crippen LogP contribution in [0.25, 0.3) is 0 Å². The molecule has 0 unspecified atom stereocenters. The highest BCUT2D eigenvalue weighted by atomic mass is 14.6. The average Bonchev–Trinajstić information content (AvgIpc) is 1.69. The third-order valence-corrected chi connectivity index (χ3v) is 1.45. The first-order chi connectivity index (χ1) is 3.39. The molecule has 1 rings (SSSR count). The van der Waals surface area contributed by atoms with Gasteiger partial charge >= 0.3 is 0 Å². The standard InChI is InChI=1S/C6H12N/c7-6-4-2-1-3-5-6/h2,6H,1,3-5,7H2/t6-/m0/s1. The first kappa shape index (κ1) is 5.10. The molecule has 1 nitrogen and oxygen atoms in total. The monoisotopic (exact) mass is 98.1 g/mol. The third kappa shape index (κ3) is 1.48. The topological polar surface area (TPSA) is 26.0 Å². The lowest BCUT2D eigenvalue weighted by molar-refractivity contribution is 0.512. The Hall–Kier alpha value is -0.0400. The zero-order valence-electron chi connectivity index (χ0n) is 4.56. The summed E-state index contributed by atoms with van der Waals surface area (Å²) in [5.74, 6) is 0. The van der Waals surface area contributed by atoms with E-state index in [2.05, 4.69) is 6.42 Å². The van der Waals surface area contributed by atoms with E-state index in [4.69, 9.17) is 5.73 Å². The quantitative estimate of drug-likeness (QED) is 0.482. The summed E-state index contributed by atoms with van der Waals surface area (Å²) < 4.78 is 0. The molecule has 0 aromatic heterocycles. The van der Waals surface area contributed by atoms with E-state index in [-0.39, 0.29) is 0 Å². The number of hydrogen-bond donors (Lipinski definition) is 1. The minimum Gasteiger partial charge on any atom is -0.328 e. The second-order valence-corrected chi connectivity index (χ2v) is 2.22. The molecule has 1 atom stereocenters. The molecule has 0 spiro atoms. The van der Waals surface area contributed by atoms with E-state index in [1.54, 1.807) is 0 Å². The molecule has 1 radical (unpaired) electrons. The van der Waals surface area contributed by atoms with Crippen LogP contribution >= 0.6 is 0 Å². The van der Waals surface area contributed by atoms with Gasteiger partial charge in [-0.05, 0) is 19.3 Å². The van der Waals surface area contributed by atoms with Crippen molar-refractivity contribution in [2.24, 2.45) is 5.73 Å². The molecule has 0 amide bonds. The normalized spacial score (nSPS) is 25.3. The molecule has 1 aliphatic rings. The van der Waals surface area contributed by atoms with Gasteiger partial charge < -0.3 is 5.73 Å². The fourth-order valence-corrected chi connectivity index (χ4v) is 0.974. The highest BCUT2D eigenvalue weighted by Crippen LogP contribution is 2.13. The van der Waals surface area contributed by atoms with Crippen LogP contribution in [0.3, 0.4) is 0 Å². The maximum Gasteiger partial charge on any atom is 0.00415 e. The van der Waals surface area contributed by atoms with E-state index < -0.39 is 0 Å². The molecule has 0 bridgehead atoms. The molecule has 0 aliphatic heterocycles. The third-order valence-electron chi connectivity index (χ3n) is 1.45. The van der Waals surface area contributed by atoms with Gasteiger partial charge in [0.25, 0.3) is 0 Å². The van der Waals surface area contributed by atoms with Crippen LogP contribution in [-0.2, 0) is 0 Å². The van der Waals surface area contributed by atoms with Gasteiger partial charge in [0, 0.05) is 6.04 Å². The van der Waals surface area contributed by atoms with Gasteiger partial charge in [-0.2, -0.15) is 0 Å². The minimum absolute atomic E-state index is 0.480. The van der Waals surface area contributed by atoms with Crippen molar-refractivity contribution in [3.05, 3.63) is 6.42 Å². The molecule has 1 aliphatic carbocycles. The van der Waals surface area contributed by atoms with Crippen molar-refractivity contribution in [1.29, 1.82) is 0 Å². The molecule has 1 fully saturated rings. The summed E-state index contributed by atoms with van der Waals surface area (Å²) in [6, 6.07) is 0.480. The zero-order valence-corrected chi connectivity index (χ0v) is 4.56. The van der Waals surface area contributed by atoms with Crippen molar-refractivity contribution in [2.75, 3.05) is 0 Å². The Morgan fingerprint density at radius 1 is 1.57 bits per heavy atom. The molecule has 1 saturated carbocycles. The molecular formula is C6H12N. The second-order valence-electron chi connectivity index (χ2n) is 2.22. The summed E-state index contributed by atoms with van der Waals surface area (Å²) in [6.45, 7) is 0. The Morgan fingerprint density at radius 2 is 2.43 bits per heavy atom. The summed E-state index contributed by atoms with van der Waals surface area (Å²) in [4.78, 5) is 0. The maximum atomic E-state index is 5.60. The van der Waals surface area contributed by atoms with Crippen molar-refractivity contribution >= 4 is 0 Å². The molecule has 2 N–H and O–H groups in total. The molecule has 0 aromatic carbocycles. The predicted octanol–water partition coefficient (Wildman–Crippen LogP) is 1.09. The SMILES string of the molecule is N[C@H]1C[CH]CCC1. The Balaban J connectivity index is 2.12. The molecule has 0 saturated heterocycles. The second kappa shape index (κ2) is 2.31. The summed E-state index contributed by atoms with van der Waals surface area (Å²) in [5, 5.41) is 0. The molecule has 41 valence electrons. The Morgan fingerprint density at radius 3 is 2.71 bits per heavy atom. The molecule has 0 aromatic rings. The van der Waals surface area contributed by atoms with Crippen molar-refractivity contribution in [2.45, 2.75) is 31.7 Å². The van der Waals surface area contributed by atoms with Crippen molar-refractivity contribution in [1.82, 2.24) is 0 Å². The first-order valence-corrected chi connectivity index (χ1v) is 2.97. The fraction of sp³-hybridized carbons (Fsp3) is 0.833. The largest absolute Gasteiger partial charge is 0.328 e. The molecule has 1 heteroatoms. The van der Waals surface area contributed by atoms with Gasteiger partial charge in [-0.1, -0.05) is 12.8 Å². The smallest absolute Gasteiger partial charge is 0.00415 e. The number of nitrogens with two attached hydrogens (primary N) is 1. The van der Waals surface area contributed by atoms with E-state index in [9.17, 15) is 0 Å². The Labute approximate surface area is 44.9 Å². The van der Waals surface area contributed by atoms with E-state index in [0.717, 1.165) is 6.42 Å². The van der Waals surface area contributed by atoms with Gasteiger partial charge in [0.2, 0.25) is 0 Å². The van der Waals surface area contributed by atoms with Gasteiger partial charge in [-0.15, -0.1) is 0 Å². The highest BCUT2D eigenvalue weighted by molar-refractivity contribution is 4.78. The van der Waals surface area contributed by atoms with Crippen molar-refractivity contribution < 1.29 is 0 Å². The van der Waals surface area contributed by atoms with Gasteiger partial charge in [-0.3, -0.25) is 0 Å². The van der Waals surface area contributed by atoms with Crippen LogP contribution in [0.5, 0.6) is 0 Å². The fourth-order valence-electron chi connectivity index (χ4n) is 0.974.